The van der Waals surface area contributed by atoms with Gasteiger partial charge in [0.15, 0.2) is 0 Å². The zero-order valence-electron chi connectivity index (χ0n) is 7.89. The molecule has 0 saturated carbocycles. The van der Waals surface area contributed by atoms with Crippen molar-refractivity contribution in [2.24, 2.45) is 5.41 Å². The van der Waals surface area contributed by atoms with E-state index in [-0.39, 0.29) is 0 Å². The standard InChI is InChI=1S/C10H15NO/c1-8-4-5-10(6-8,7-11)9(2,3)12/h4,12H,5-6H2,1-3H3. The smallest absolute Gasteiger partial charge is 0.0925 e. The van der Waals surface area contributed by atoms with Gasteiger partial charge < -0.3 is 5.11 Å². The molecule has 0 aliphatic heterocycles. The molecule has 0 amide bonds. The number of hydrogen-bond acceptors (Lipinski definition) is 2. The molecular weight excluding hydrogens is 150 g/mol. The van der Waals surface area contributed by atoms with Crippen LogP contribution < -0.4 is 0 Å². The fourth-order valence-corrected chi connectivity index (χ4v) is 1.66. The summed E-state index contributed by atoms with van der Waals surface area (Å²) in [5.74, 6) is 0. The van der Waals surface area contributed by atoms with E-state index in [1.54, 1.807) is 13.8 Å². The first kappa shape index (κ1) is 9.28. The summed E-state index contributed by atoms with van der Waals surface area (Å²) in [5, 5.41) is 18.9. The van der Waals surface area contributed by atoms with Crippen molar-refractivity contribution >= 4 is 0 Å². The van der Waals surface area contributed by atoms with E-state index in [0.717, 1.165) is 0 Å². The number of nitrogens with zero attached hydrogens (tertiary/aromatic N) is 1. The van der Waals surface area contributed by atoms with Crippen molar-refractivity contribution in [2.75, 3.05) is 0 Å². The lowest BCUT2D eigenvalue weighted by atomic mass is 9.72. The van der Waals surface area contributed by atoms with Crippen molar-refractivity contribution in [3.05, 3.63) is 11.6 Å². The van der Waals surface area contributed by atoms with Crippen molar-refractivity contribution in [1.82, 2.24) is 0 Å². The topological polar surface area (TPSA) is 44.0 Å². The van der Waals surface area contributed by atoms with E-state index < -0.39 is 11.0 Å². The molecule has 2 heteroatoms. The lowest BCUT2D eigenvalue weighted by Crippen LogP contribution is -2.40. The zero-order valence-corrected chi connectivity index (χ0v) is 7.89. The second-order valence-electron chi connectivity index (χ2n) is 4.18. The summed E-state index contributed by atoms with van der Waals surface area (Å²) in [6.45, 7) is 5.43. The van der Waals surface area contributed by atoms with Crippen LogP contribution in [0.2, 0.25) is 0 Å². The fraction of sp³-hybridized carbons (Fsp3) is 0.700. The van der Waals surface area contributed by atoms with Gasteiger partial charge in [0.25, 0.3) is 0 Å². The quantitative estimate of drug-likeness (QED) is 0.604. The predicted molar refractivity (Wildman–Crippen MR) is 47.3 cm³/mol. The van der Waals surface area contributed by atoms with Crippen LogP contribution >= 0.6 is 0 Å². The van der Waals surface area contributed by atoms with Crippen LogP contribution in [-0.4, -0.2) is 10.7 Å². The molecule has 0 aromatic rings. The van der Waals surface area contributed by atoms with E-state index in [1.165, 1.54) is 5.57 Å². The molecule has 1 unspecified atom stereocenters. The van der Waals surface area contributed by atoms with Gasteiger partial charge in [-0.2, -0.15) is 5.26 Å². The highest BCUT2D eigenvalue weighted by Gasteiger charge is 2.45. The van der Waals surface area contributed by atoms with Crippen LogP contribution in [0.3, 0.4) is 0 Å². The summed E-state index contributed by atoms with van der Waals surface area (Å²) in [5.41, 5.74) is -0.286. The van der Waals surface area contributed by atoms with Crippen LogP contribution in [0, 0.1) is 16.7 Å². The van der Waals surface area contributed by atoms with Gasteiger partial charge in [0.2, 0.25) is 0 Å². The molecule has 0 aromatic heterocycles. The molecule has 66 valence electrons. The highest BCUT2D eigenvalue weighted by molar-refractivity contribution is 5.24. The van der Waals surface area contributed by atoms with Gasteiger partial charge in [-0.05, 0) is 33.6 Å². The first-order chi connectivity index (χ1) is 5.41. The number of aliphatic hydroxyl groups is 1. The predicted octanol–water partition coefficient (Wildman–Crippen LogP) is 2.01. The van der Waals surface area contributed by atoms with Gasteiger partial charge in [0.05, 0.1) is 17.1 Å². The van der Waals surface area contributed by atoms with Crippen molar-refractivity contribution in [3.8, 4) is 6.07 Å². The monoisotopic (exact) mass is 165 g/mol. The van der Waals surface area contributed by atoms with Gasteiger partial charge >= 0.3 is 0 Å². The zero-order chi connectivity index (χ0) is 9.41. The molecule has 0 aromatic carbocycles. The van der Waals surface area contributed by atoms with E-state index >= 15 is 0 Å². The summed E-state index contributed by atoms with van der Waals surface area (Å²) >= 11 is 0. The Morgan fingerprint density at radius 2 is 2.25 bits per heavy atom. The Hall–Kier alpha value is -0.810. The third-order valence-corrected chi connectivity index (χ3v) is 2.76. The number of allylic oxidation sites excluding steroid dienone is 2. The second-order valence-corrected chi connectivity index (χ2v) is 4.18. The molecule has 0 spiro atoms. The molecule has 1 aliphatic carbocycles. The van der Waals surface area contributed by atoms with Crippen molar-refractivity contribution in [2.45, 2.75) is 39.2 Å². The molecule has 0 bridgehead atoms. The molecule has 2 nitrogen and oxygen atoms in total. The first-order valence-corrected chi connectivity index (χ1v) is 4.20. The minimum absolute atomic E-state index is 0.586. The van der Waals surface area contributed by atoms with E-state index in [9.17, 15) is 5.11 Å². The minimum Gasteiger partial charge on any atom is -0.389 e. The largest absolute Gasteiger partial charge is 0.389 e. The Bertz CT molecular complexity index is 254. The number of hydrogen-bond donors (Lipinski definition) is 1. The summed E-state index contributed by atoms with van der Waals surface area (Å²) in [6.07, 6.45) is 3.42. The molecule has 0 radical (unpaired) electrons. The Kier molecular flexibility index (Phi) is 2.01. The van der Waals surface area contributed by atoms with Gasteiger partial charge in [-0.15, -0.1) is 0 Å². The number of rotatable bonds is 1. The van der Waals surface area contributed by atoms with Crippen molar-refractivity contribution in [3.63, 3.8) is 0 Å². The Labute approximate surface area is 73.5 Å². The van der Waals surface area contributed by atoms with Crippen LogP contribution in [-0.2, 0) is 0 Å². The fourth-order valence-electron chi connectivity index (χ4n) is 1.66. The van der Waals surface area contributed by atoms with Crippen LogP contribution in [0.4, 0.5) is 0 Å². The second kappa shape index (κ2) is 2.60. The molecule has 0 saturated heterocycles. The average Bonchev–Trinajstić information content (AvgIpc) is 2.31. The van der Waals surface area contributed by atoms with Gasteiger partial charge in [0, 0.05) is 0 Å². The molecule has 1 N–H and O–H groups in total. The maximum atomic E-state index is 9.83. The first-order valence-electron chi connectivity index (χ1n) is 4.20. The number of nitriles is 1. The molecule has 1 atom stereocenters. The normalized spacial score (nSPS) is 29.8. The lowest BCUT2D eigenvalue weighted by Gasteiger charge is -2.34. The summed E-state index contributed by atoms with van der Waals surface area (Å²) in [7, 11) is 0. The van der Waals surface area contributed by atoms with E-state index in [1.807, 2.05) is 13.0 Å². The van der Waals surface area contributed by atoms with Gasteiger partial charge in [-0.1, -0.05) is 11.6 Å². The van der Waals surface area contributed by atoms with Crippen LogP contribution in [0.25, 0.3) is 0 Å². The molecule has 1 rings (SSSR count). The Balaban J connectivity index is 2.92. The van der Waals surface area contributed by atoms with Crippen LogP contribution in [0.1, 0.15) is 33.6 Å². The van der Waals surface area contributed by atoms with E-state index in [0.29, 0.717) is 12.8 Å². The molecule has 0 heterocycles. The average molecular weight is 165 g/mol. The molecule has 12 heavy (non-hydrogen) atoms. The summed E-state index contributed by atoms with van der Waals surface area (Å²) < 4.78 is 0. The third-order valence-electron chi connectivity index (χ3n) is 2.76. The third kappa shape index (κ3) is 1.25. The van der Waals surface area contributed by atoms with Gasteiger partial charge in [-0.3, -0.25) is 0 Å². The minimum atomic E-state index is -0.907. The van der Waals surface area contributed by atoms with Gasteiger partial charge in [0.1, 0.15) is 0 Å². The Morgan fingerprint density at radius 1 is 1.67 bits per heavy atom. The van der Waals surface area contributed by atoms with E-state index in [2.05, 4.69) is 6.07 Å². The molecular formula is C10H15NO. The summed E-state index contributed by atoms with van der Waals surface area (Å²) in [6, 6.07) is 2.25. The van der Waals surface area contributed by atoms with E-state index in [4.69, 9.17) is 5.26 Å². The molecule has 0 fully saturated rings. The highest BCUT2D eigenvalue weighted by Crippen LogP contribution is 2.44. The maximum absolute atomic E-state index is 9.83. The van der Waals surface area contributed by atoms with Crippen LogP contribution in [0.5, 0.6) is 0 Å². The van der Waals surface area contributed by atoms with Crippen molar-refractivity contribution < 1.29 is 5.11 Å². The Morgan fingerprint density at radius 3 is 2.42 bits per heavy atom. The van der Waals surface area contributed by atoms with Crippen LogP contribution in [0.15, 0.2) is 11.6 Å². The van der Waals surface area contributed by atoms with Gasteiger partial charge in [-0.25, -0.2) is 0 Å². The SMILES string of the molecule is CC1=CCC(C#N)(C(C)(C)O)C1. The maximum Gasteiger partial charge on any atom is 0.0925 e. The molecule has 1 aliphatic rings. The summed E-state index contributed by atoms with van der Waals surface area (Å²) in [4.78, 5) is 0. The van der Waals surface area contributed by atoms with Crippen molar-refractivity contribution in [1.29, 1.82) is 5.26 Å². The lowest BCUT2D eigenvalue weighted by molar-refractivity contribution is -0.0169. The highest BCUT2D eigenvalue weighted by atomic mass is 16.3.